The Hall–Kier alpha value is -1.50. The van der Waals surface area contributed by atoms with Crippen LogP contribution in [-0.4, -0.2) is 79.9 Å². The second-order valence-corrected chi connectivity index (χ2v) is 8.47. The molecular weight excluding hydrogens is 344 g/mol. The van der Waals surface area contributed by atoms with Gasteiger partial charge in [-0.05, 0) is 54.4 Å². The molecule has 1 amide bonds. The molecule has 0 spiro atoms. The fourth-order valence-corrected chi connectivity index (χ4v) is 2.98. The van der Waals surface area contributed by atoms with Crippen molar-refractivity contribution in [2.45, 2.75) is 66.0 Å². The molecule has 27 heavy (non-hydrogen) atoms. The summed E-state index contributed by atoms with van der Waals surface area (Å²) in [4.78, 5) is 21.0. The van der Waals surface area contributed by atoms with E-state index in [9.17, 15) is 4.79 Å². The fraction of sp³-hybridized carbons (Fsp3) is 0.900. The van der Waals surface area contributed by atoms with Crippen molar-refractivity contribution in [2.75, 3.05) is 46.4 Å². The van der Waals surface area contributed by atoms with Crippen molar-refractivity contribution in [1.29, 1.82) is 0 Å². The molecule has 1 N–H and O–H groups in total. The van der Waals surface area contributed by atoms with Crippen molar-refractivity contribution in [3.05, 3.63) is 0 Å². The van der Waals surface area contributed by atoms with E-state index < -0.39 is 5.60 Å². The smallest absolute Gasteiger partial charge is 0.410 e. The van der Waals surface area contributed by atoms with Gasteiger partial charge < -0.3 is 24.6 Å². The molecule has 0 aromatic carbocycles. The zero-order chi connectivity index (χ0) is 20.4. The quantitative estimate of drug-likeness (QED) is 0.396. The predicted octanol–water partition coefficient (Wildman–Crippen LogP) is 2.96. The fourth-order valence-electron chi connectivity index (χ4n) is 2.98. The molecule has 7 nitrogen and oxygen atoms in total. The molecule has 1 rings (SSSR count). The van der Waals surface area contributed by atoms with Crippen LogP contribution in [0.1, 0.15) is 54.4 Å². The molecule has 0 aliphatic carbocycles. The van der Waals surface area contributed by atoms with E-state index in [1.165, 1.54) is 0 Å². The molecule has 1 saturated heterocycles. The van der Waals surface area contributed by atoms with Crippen LogP contribution in [0.5, 0.6) is 0 Å². The molecule has 1 atom stereocenters. The highest BCUT2D eigenvalue weighted by Gasteiger charge is 2.24. The maximum Gasteiger partial charge on any atom is 0.410 e. The van der Waals surface area contributed by atoms with Gasteiger partial charge in [-0.1, -0.05) is 0 Å². The van der Waals surface area contributed by atoms with Gasteiger partial charge in [-0.25, -0.2) is 4.79 Å². The van der Waals surface area contributed by atoms with Crippen molar-refractivity contribution in [3.8, 4) is 0 Å². The van der Waals surface area contributed by atoms with E-state index in [0.29, 0.717) is 19.0 Å². The number of nitrogens with one attached hydrogen (secondary N) is 1. The van der Waals surface area contributed by atoms with Crippen LogP contribution in [0.2, 0.25) is 0 Å². The largest absolute Gasteiger partial charge is 0.444 e. The van der Waals surface area contributed by atoms with Gasteiger partial charge in [-0.3, -0.25) is 4.99 Å². The average molecular weight is 385 g/mol. The van der Waals surface area contributed by atoms with Gasteiger partial charge in [0.25, 0.3) is 0 Å². The maximum atomic E-state index is 12.4. The molecule has 0 aromatic rings. The van der Waals surface area contributed by atoms with E-state index in [-0.39, 0.29) is 12.1 Å². The summed E-state index contributed by atoms with van der Waals surface area (Å²) in [5, 5.41) is 3.35. The molecule has 1 heterocycles. The van der Waals surface area contributed by atoms with Crippen molar-refractivity contribution in [2.24, 2.45) is 10.9 Å². The highest BCUT2D eigenvalue weighted by molar-refractivity contribution is 5.79. The summed E-state index contributed by atoms with van der Waals surface area (Å²) in [6, 6.07) is 0.0992. The first-order valence-corrected chi connectivity index (χ1v) is 10.2. The maximum absolute atomic E-state index is 12.4. The molecule has 0 saturated carbocycles. The standard InChI is InChI=1S/C20H40N4O3/c1-8-21-18(23(7)14-17-10-13-26-15-17)22-11-9-12-24(16(2)3)19(25)27-20(4,5)6/h16-17H,8-15H2,1-7H3,(H,21,22). The van der Waals surface area contributed by atoms with Gasteiger partial charge in [-0.2, -0.15) is 0 Å². The number of hydrogen-bond donors (Lipinski definition) is 1. The summed E-state index contributed by atoms with van der Waals surface area (Å²) in [5.74, 6) is 1.49. The van der Waals surface area contributed by atoms with Crippen LogP contribution in [0.15, 0.2) is 4.99 Å². The number of carbonyl (C=O) groups excluding carboxylic acids is 1. The molecule has 158 valence electrons. The third kappa shape index (κ3) is 9.31. The number of nitrogens with zero attached hydrogens (tertiary/aromatic N) is 3. The van der Waals surface area contributed by atoms with Crippen molar-refractivity contribution >= 4 is 12.1 Å². The van der Waals surface area contributed by atoms with Gasteiger partial charge in [0.1, 0.15) is 5.60 Å². The molecule has 0 bridgehead atoms. The monoisotopic (exact) mass is 384 g/mol. The normalized spacial score (nSPS) is 17.9. The number of guanidine groups is 1. The lowest BCUT2D eigenvalue weighted by Crippen LogP contribution is -2.42. The Morgan fingerprint density at radius 1 is 1.37 bits per heavy atom. The van der Waals surface area contributed by atoms with Gasteiger partial charge >= 0.3 is 6.09 Å². The van der Waals surface area contributed by atoms with Crippen molar-refractivity contribution < 1.29 is 14.3 Å². The third-order valence-corrected chi connectivity index (χ3v) is 4.32. The van der Waals surface area contributed by atoms with Gasteiger partial charge in [0.15, 0.2) is 5.96 Å². The highest BCUT2D eigenvalue weighted by Crippen LogP contribution is 2.14. The van der Waals surface area contributed by atoms with E-state index in [1.54, 1.807) is 4.90 Å². The number of amides is 1. The summed E-state index contributed by atoms with van der Waals surface area (Å²) in [6.45, 7) is 16.5. The van der Waals surface area contributed by atoms with Crippen LogP contribution in [0, 0.1) is 5.92 Å². The lowest BCUT2D eigenvalue weighted by atomic mass is 10.1. The minimum Gasteiger partial charge on any atom is -0.444 e. The van der Waals surface area contributed by atoms with E-state index in [4.69, 9.17) is 14.5 Å². The molecule has 1 aliphatic rings. The molecule has 1 fully saturated rings. The molecular formula is C20H40N4O3. The average Bonchev–Trinajstić information content (AvgIpc) is 3.04. The van der Waals surface area contributed by atoms with E-state index >= 15 is 0 Å². The lowest BCUT2D eigenvalue weighted by Gasteiger charge is -2.30. The Bertz CT molecular complexity index is 468. The molecule has 1 aliphatic heterocycles. The van der Waals surface area contributed by atoms with Crippen LogP contribution < -0.4 is 5.32 Å². The highest BCUT2D eigenvalue weighted by atomic mass is 16.6. The number of ether oxygens (including phenoxy) is 2. The number of carbonyl (C=O) groups is 1. The Balaban J connectivity index is 2.53. The third-order valence-electron chi connectivity index (χ3n) is 4.32. The molecule has 0 aromatic heterocycles. The topological polar surface area (TPSA) is 66.4 Å². The van der Waals surface area contributed by atoms with E-state index in [1.807, 2.05) is 34.6 Å². The van der Waals surface area contributed by atoms with Crippen molar-refractivity contribution in [3.63, 3.8) is 0 Å². The lowest BCUT2D eigenvalue weighted by molar-refractivity contribution is 0.0190. The minimum atomic E-state index is -0.479. The van der Waals surface area contributed by atoms with E-state index in [0.717, 1.165) is 45.1 Å². The van der Waals surface area contributed by atoms with Gasteiger partial charge in [0.05, 0.1) is 6.61 Å². The van der Waals surface area contributed by atoms with Crippen LogP contribution >= 0.6 is 0 Å². The Kier molecular flexibility index (Phi) is 9.91. The van der Waals surface area contributed by atoms with E-state index in [2.05, 4.69) is 24.2 Å². The predicted molar refractivity (Wildman–Crippen MR) is 110 cm³/mol. The second-order valence-electron chi connectivity index (χ2n) is 8.47. The SMILES string of the molecule is CCNC(=NCCCN(C(=O)OC(C)(C)C)C(C)C)N(C)CC1CCOC1. The molecule has 1 unspecified atom stereocenters. The molecule has 0 radical (unpaired) electrons. The first-order valence-electron chi connectivity index (χ1n) is 10.2. The first kappa shape index (κ1) is 23.5. The van der Waals surface area contributed by atoms with Gasteiger partial charge in [0, 0.05) is 51.8 Å². The zero-order valence-corrected chi connectivity index (χ0v) is 18.4. The number of aliphatic imine (C=N–C) groups is 1. The van der Waals surface area contributed by atoms with Gasteiger partial charge in [-0.15, -0.1) is 0 Å². The van der Waals surface area contributed by atoms with Crippen molar-refractivity contribution in [1.82, 2.24) is 15.1 Å². The number of rotatable bonds is 8. The van der Waals surface area contributed by atoms with Crippen LogP contribution in [0.25, 0.3) is 0 Å². The van der Waals surface area contributed by atoms with Crippen LogP contribution in [0.4, 0.5) is 4.79 Å². The second kappa shape index (κ2) is 11.4. The summed E-state index contributed by atoms with van der Waals surface area (Å²) in [6.07, 6.45) is 1.65. The zero-order valence-electron chi connectivity index (χ0n) is 18.4. The number of hydrogen-bond acceptors (Lipinski definition) is 4. The first-order chi connectivity index (χ1) is 12.6. The van der Waals surface area contributed by atoms with Crippen LogP contribution in [0.3, 0.4) is 0 Å². The summed E-state index contributed by atoms with van der Waals surface area (Å²) < 4.78 is 11.0. The minimum absolute atomic E-state index is 0.0992. The summed E-state index contributed by atoms with van der Waals surface area (Å²) in [7, 11) is 2.07. The van der Waals surface area contributed by atoms with Gasteiger partial charge in [0.2, 0.25) is 0 Å². The summed E-state index contributed by atoms with van der Waals surface area (Å²) in [5.41, 5.74) is -0.479. The Morgan fingerprint density at radius 2 is 2.07 bits per heavy atom. The Labute approximate surface area is 165 Å². The summed E-state index contributed by atoms with van der Waals surface area (Å²) >= 11 is 0. The Morgan fingerprint density at radius 3 is 2.59 bits per heavy atom. The van der Waals surface area contributed by atoms with Crippen LogP contribution in [-0.2, 0) is 9.47 Å². The molecule has 7 heteroatoms.